The molecule has 0 spiro atoms. The van der Waals surface area contributed by atoms with Crippen LogP contribution < -0.4 is 0 Å². The highest BCUT2D eigenvalue weighted by Gasteiger charge is 2.14. The molecule has 0 saturated heterocycles. The number of hydrogen-bond acceptors (Lipinski definition) is 7. The molecule has 0 unspecified atom stereocenters. The van der Waals surface area contributed by atoms with Crippen LogP contribution in [0.3, 0.4) is 0 Å². The van der Waals surface area contributed by atoms with Crippen molar-refractivity contribution >= 4 is 28.9 Å². The van der Waals surface area contributed by atoms with Crippen molar-refractivity contribution in [1.82, 2.24) is 9.80 Å². The first-order valence-corrected chi connectivity index (χ1v) is 20.6. The lowest BCUT2D eigenvalue weighted by Crippen LogP contribution is -2.31. The van der Waals surface area contributed by atoms with Gasteiger partial charge in [0.1, 0.15) is 13.2 Å². The summed E-state index contributed by atoms with van der Waals surface area (Å²) < 4.78 is 10.6. The van der Waals surface area contributed by atoms with Gasteiger partial charge in [-0.05, 0) is 65.0 Å². The van der Waals surface area contributed by atoms with E-state index in [2.05, 4.69) is 44.9 Å². The van der Waals surface area contributed by atoms with Crippen LogP contribution in [0.5, 0.6) is 0 Å². The van der Waals surface area contributed by atoms with Gasteiger partial charge in [-0.1, -0.05) is 134 Å². The zero-order chi connectivity index (χ0) is 35.3. The van der Waals surface area contributed by atoms with E-state index in [9.17, 15) is 14.4 Å². The van der Waals surface area contributed by atoms with Gasteiger partial charge in [0.25, 0.3) is 5.24 Å². The molecule has 0 aliphatic carbocycles. The number of esters is 2. The second-order valence-electron chi connectivity index (χ2n) is 13.0. The van der Waals surface area contributed by atoms with E-state index in [0.29, 0.717) is 26.1 Å². The number of amides is 1. The molecule has 1 amide bonds. The van der Waals surface area contributed by atoms with Crippen molar-refractivity contribution in [3.8, 4) is 0 Å². The molecule has 0 aromatic carbocycles. The highest BCUT2D eigenvalue weighted by molar-refractivity contribution is 8.13. The van der Waals surface area contributed by atoms with Crippen molar-refractivity contribution in [2.45, 2.75) is 162 Å². The summed E-state index contributed by atoms with van der Waals surface area (Å²) in [5.74, 6) is 0.601. The second-order valence-corrected chi connectivity index (χ2v) is 14.1. The summed E-state index contributed by atoms with van der Waals surface area (Å²) >= 11 is 1.44. The summed E-state index contributed by atoms with van der Waals surface area (Å²) in [5.41, 5.74) is 0. The van der Waals surface area contributed by atoms with Crippen molar-refractivity contribution in [2.24, 2.45) is 0 Å². The fraction of sp³-hybridized carbons (Fsp3) is 0.825. The van der Waals surface area contributed by atoms with E-state index in [1.54, 1.807) is 0 Å². The van der Waals surface area contributed by atoms with Crippen LogP contribution in [0, 0.1) is 0 Å². The van der Waals surface area contributed by atoms with Crippen molar-refractivity contribution < 1.29 is 23.9 Å². The van der Waals surface area contributed by atoms with Crippen molar-refractivity contribution in [3.05, 3.63) is 24.3 Å². The molecule has 48 heavy (non-hydrogen) atoms. The van der Waals surface area contributed by atoms with E-state index in [-0.39, 0.29) is 17.2 Å². The minimum Gasteiger partial charge on any atom is -0.461 e. The lowest BCUT2D eigenvalue weighted by Gasteiger charge is -2.23. The third kappa shape index (κ3) is 32.7. The van der Waals surface area contributed by atoms with E-state index >= 15 is 0 Å². The molecule has 8 heteroatoms. The van der Waals surface area contributed by atoms with Gasteiger partial charge in [-0.2, -0.15) is 0 Å². The molecule has 0 aromatic heterocycles. The molecule has 0 heterocycles. The number of rotatable bonds is 34. The Morgan fingerprint density at radius 2 is 0.979 bits per heavy atom. The molecular formula is C40H74N2O5S. The summed E-state index contributed by atoms with van der Waals surface area (Å²) in [6, 6.07) is 0. The number of unbranched alkanes of at least 4 members (excludes halogenated alkanes) is 16. The number of ether oxygens (including phenoxy) is 2. The summed E-state index contributed by atoms with van der Waals surface area (Å²) in [6.07, 6.45) is 31.3. The molecule has 0 N–H and O–H groups in total. The molecule has 0 aliphatic rings. The summed E-state index contributed by atoms with van der Waals surface area (Å²) in [7, 11) is 2.09. The topological polar surface area (TPSA) is 76.1 Å². The van der Waals surface area contributed by atoms with Crippen LogP contribution in [-0.4, -0.2) is 79.2 Å². The quantitative estimate of drug-likeness (QED) is 0.0377. The molecule has 0 saturated carbocycles. The Labute approximate surface area is 300 Å². The smallest absolute Gasteiger partial charge is 0.306 e. The van der Waals surface area contributed by atoms with E-state index in [4.69, 9.17) is 9.47 Å². The third-order valence-electron chi connectivity index (χ3n) is 8.58. The van der Waals surface area contributed by atoms with Crippen LogP contribution in [0.4, 0.5) is 4.79 Å². The van der Waals surface area contributed by atoms with Gasteiger partial charge in [0.05, 0.1) is 0 Å². The molecule has 0 rings (SSSR count). The molecule has 280 valence electrons. The number of carbonyl (C=O) groups is 3. The maximum atomic E-state index is 13.0. The first-order valence-electron chi connectivity index (χ1n) is 19.7. The molecule has 0 fully saturated rings. The van der Waals surface area contributed by atoms with Gasteiger partial charge >= 0.3 is 11.9 Å². The van der Waals surface area contributed by atoms with E-state index < -0.39 is 0 Å². The minimum atomic E-state index is -0.107. The van der Waals surface area contributed by atoms with Crippen LogP contribution in [0.25, 0.3) is 0 Å². The highest BCUT2D eigenvalue weighted by atomic mass is 32.2. The maximum absolute atomic E-state index is 13.0. The zero-order valence-corrected chi connectivity index (χ0v) is 32.5. The Hall–Kier alpha value is -1.80. The monoisotopic (exact) mass is 695 g/mol. The van der Waals surface area contributed by atoms with Crippen molar-refractivity contribution in [1.29, 1.82) is 0 Å². The third-order valence-corrected chi connectivity index (χ3v) is 9.47. The van der Waals surface area contributed by atoms with Crippen molar-refractivity contribution in [2.75, 3.05) is 52.2 Å². The number of thioether (sulfide) groups is 1. The normalized spacial score (nSPS) is 11.6. The van der Waals surface area contributed by atoms with Crippen molar-refractivity contribution in [3.63, 3.8) is 0 Å². The Morgan fingerprint density at radius 1 is 0.542 bits per heavy atom. The highest BCUT2D eigenvalue weighted by Crippen LogP contribution is 2.15. The fourth-order valence-corrected chi connectivity index (χ4v) is 6.16. The van der Waals surface area contributed by atoms with Gasteiger partial charge in [0.2, 0.25) is 0 Å². The Morgan fingerprint density at radius 3 is 1.44 bits per heavy atom. The van der Waals surface area contributed by atoms with E-state index in [1.165, 1.54) is 63.1 Å². The number of hydrogen-bond donors (Lipinski definition) is 0. The van der Waals surface area contributed by atoms with Gasteiger partial charge in [-0.15, -0.1) is 0 Å². The van der Waals surface area contributed by atoms with Gasteiger partial charge < -0.3 is 19.3 Å². The minimum absolute atomic E-state index is 0.107. The van der Waals surface area contributed by atoms with Crippen LogP contribution in [0.1, 0.15) is 162 Å². The van der Waals surface area contributed by atoms with Gasteiger partial charge in [0, 0.05) is 38.2 Å². The number of allylic oxidation sites excluding steroid dienone is 2. The molecule has 0 atom stereocenters. The first-order chi connectivity index (χ1) is 23.4. The molecule has 0 radical (unpaired) electrons. The van der Waals surface area contributed by atoms with E-state index in [1.807, 2.05) is 17.1 Å². The van der Waals surface area contributed by atoms with Gasteiger partial charge in [-0.3, -0.25) is 14.4 Å². The number of carbonyl (C=O) groups excluding carboxylic acids is 3. The number of nitrogens with zero attached hydrogens (tertiary/aromatic N) is 2. The summed E-state index contributed by atoms with van der Waals surface area (Å²) in [5, 5.41) is 0.190. The Balaban J connectivity index is 4.14. The van der Waals surface area contributed by atoms with Crippen LogP contribution >= 0.6 is 11.8 Å². The zero-order valence-electron chi connectivity index (χ0n) is 31.7. The molecule has 7 nitrogen and oxygen atoms in total. The average Bonchev–Trinajstić information content (AvgIpc) is 3.08. The Bertz CT molecular complexity index is 767. The average molecular weight is 695 g/mol. The second kappa shape index (κ2) is 36.5. The predicted octanol–water partition coefficient (Wildman–Crippen LogP) is 10.9. The van der Waals surface area contributed by atoms with Gasteiger partial charge in [0.15, 0.2) is 0 Å². The maximum Gasteiger partial charge on any atom is 0.306 e. The van der Waals surface area contributed by atoms with Crippen LogP contribution in [-0.2, 0) is 19.1 Å². The first kappa shape index (κ1) is 46.2. The molecule has 0 aromatic rings. The predicted molar refractivity (Wildman–Crippen MR) is 206 cm³/mol. The van der Waals surface area contributed by atoms with E-state index in [0.717, 1.165) is 109 Å². The SMILES string of the molecule is CCCCCC/C=C\COC(=O)CCCCCCCN(CCCCCCCC(=O)OC/C=C\CCCCCC)C(=O)SCCN(C)CC. The van der Waals surface area contributed by atoms with Gasteiger partial charge in [-0.25, -0.2) is 0 Å². The summed E-state index contributed by atoms with van der Waals surface area (Å²) in [4.78, 5) is 41.3. The Kier molecular flexibility index (Phi) is 35.1. The molecular weight excluding hydrogens is 621 g/mol. The standard InChI is InChI=1S/C40H74N2O5S/c1-5-8-10-12-14-22-28-35-46-38(43)30-24-18-16-20-26-32-42(40(45)48-37-34-41(4)7-3)33-27-21-17-19-25-31-39(44)47-36-29-23-15-13-11-9-6-2/h22-23,28-29H,5-21,24-27,30-37H2,1-4H3/b28-22-,29-23-. The van der Waals surface area contributed by atoms with Crippen LogP contribution in [0.15, 0.2) is 24.3 Å². The molecule has 0 aliphatic heterocycles. The summed E-state index contributed by atoms with van der Waals surface area (Å²) in [6.45, 7) is 10.8. The largest absolute Gasteiger partial charge is 0.461 e. The van der Waals surface area contributed by atoms with Crippen LogP contribution in [0.2, 0.25) is 0 Å². The lowest BCUT2D eigenvalue weighted by molar-refractivity contribution is -0.143. The molecule has 0 bridgehead atoms. The lowest BCUT2D eigenvalue weighted by atomic mass is 10.1. The fourth-order valence-electron chi connectivity index (χ4n) is 5.21.